The number of hydrogen-bond acceptors (Lipinski definition) is 2. The topological polar surface area (TPSA) is 35.2 Å². The summed E-state index contributed by atoms with van der Waals surface area (Å²) in [7, 11) is 2.36. The van der Waals surface area contributed by atoms with Crippen LogP contribution in [0.15, 0.2) is 11.6 Å². The number of nitrogens with one attached hydrogen (secondary N) is 2. The molecule has 2 N–H and O–H groups in total. The summed E-state index contributed by atoms with van der Waals surface area (Å²) in [4.78, 5) is 16.3. The Morgan fingerprint density at radius 3 is 2.52 bits per heavy atom. The van der Waals surface area contributed by atoms with Crippen molar-refractivity contribution in [3.8, 4) is 0 Å². The zero-order chi connectivity index (χ0) is 20.6. The number of piperidine rings is 2. The lowest BCUT2D eigenvalue weighted by Gasteiger charge is -2.52. The molecule has 1 saturated carbocycles. The second-order valence-electron chi connectivity index (χ2n) is 12.8. The van der Waals surface area contributed by atoms with E-state index in [1.54, 1.807) is 15.4 Å². The van der Waals surface area contributed by atoms with Gasteiger partial charge in [-0.2, -0.15) is 0 Å². The van der Waals surface area contributed by atoms with Crippen LogP contribution in [0, 0.1) is 34.0 Å². The van der Waals surface area contributed by atoms with Gasteiger partial charge in [0.1, 0.15) is 12.0 Å². The molecular weight excluding hydrogens is 360 g/mol. The third-order valence-corrected chi connectivity index (χ3v) is 9.25. The second kappa shape index (κ2) is 6.56. The first kappa shape index (κ1) is 20.1. The van der Waals surface area contributed by atoms with Gasteiger partial charge in [-0.25, -0.2) is 0 Å². The normalized spacial score (nSPS) is 54.2. The van der Waals surface area contributed by atoms with Gasteiger partial charge in [0.25, 0.3) is 0 Å². The van der Waals surface area contributed by atoms with Gasteiger partial charge in [-0.15, -0.1) is 0 Å². The van der Waals surface area contributed by atoms with Crippen molar-refractivity contribution in [3.63, 3.8) is 0 Å². The number of rotatable bonds is 2. The summed E-state index contributed by atoms with van der Waals surface area (Å²) >= 11 is 0. The highest BCUT2D eigenvalue weighted by molar-refractivity contribution is 5.76. The number of ether oxygens (including phenoxy) is 1. The molecule has 4 heteroatoms. The van der Waals surface area contributed by atoms with Crippen LogP contribution in [0.3, 0.4) is 0 Å². The molecule has 0 radical (unpaired) electrons. The van der Waals surface area contributed by atoms with E-state index in [0.29, 0.717) is 22.7 Å². The number of fused-ring (bicyclic) bond motifs is 4. The highest BCUT2D eigenvalue weighted by atomic mass is 16.6. The Morgan fingerprint density at radius 2 is 1.83 bits per heavy atom. The predicted molar refractivity (Wildman–Crippen MR) is 114 cm³/mol. The number of allylic oxidation sites excluding steroid dienone is 1. The summed E-state index contributed by atoms with van der Waals surface area (Å²) in [6.45, 7) is 15.7. The molecule has 5 rings (SSSR count). The van der Waals surface area contributed by atoms with Gasteiger partial charge in [0.05, 0.1) is 50.6 Å². The van der Waals surface area contributed by atoms with Crippen LogP contribution in [0.4, 0.5) is 0 Å². The van der Waals surface area contributed by atoms with Crippen LogP contribution in [-0.2, 0) is 9.53 Å². The molecule has 0 spiro atoms. The summed E-state index contributed by atoms with van der Waals surface area (Å²) in [5, 5.41) is 0. The molecular formula is C25H42N2O2+2. The zero-order valence-corrected chi connectivity index (χ0v) is 19.3. The molecule has 0 aromatic rings. The molecule has 3 saturated heterocycles. The van der Waals surface area contributed by atoms with Crippen LogP contribution in [-0.4, -0.2) is 51.8 Å². The van der Waals surface area contributed by atoms with Crippen molar-refractivity contribution in [1.82, 2.24) is 0 Å². The maximum Gasteiger partial charge on any atom is 0.315 e. The molecule has 162 valence electrons. The van der Waals surface area contributed by atoms with E-state index in [1.807, 2.05) is 0 Å². The summed E-state index contributed by atoms with van der Waals surface area (Å²) in [5.41, 5.74) is 2.72. The lowest BCUT2D eigenvalue weighted by molar-refractivity contribution is -0.966. The maximum atomic E-state index is 13.0. The van der Waals surface area contributed by atoms with E-state index in [4.69, 9.17) is 4.74 Å². The zero-order valence-electron chi connectivity index (χ0n) is 19.3. The van der Waals surface area contributed by atoms with Crippen molar-refractivity contribution in [3.05, 3.63) is 11.6 Å². The highest BCUT2D eigenvalue weighted by Crippen LogP contribution is 2.53. The molecule has 0 aromatic carbocycles. The van der Waals surface area contributed by atoms with Crippen LogP contribution in [0.1, 0.15) is 59.8 Å². The first-order valence-electron chi connectivity index (χ1n) is 12.2. The first-order valence-corrected chi connectivity index (χ1v) is 12.2. The van der Waals surface area contributed by atoms with Gasteiger partial charge in [-0.3, -0.25) is 4.79 Å². The van der Waals surface area contributed by atoms with E-state index >= 15 is 0 Å². The Kier molecular flexibility index (Phi) is 4.54. The Balaban J connectivity index is 1.37. The SMILES string of the molecule is C[C@@H]1CCC[C@@]2(C)C[C@@H]3OC(=O)[C@@H](C[NH+]4C[C@]5(C)C[NH+](C)C[C@](C)(C4)C5)[C@@H]3C=C12. The van der Waals surface area contributed by atoms with Crippen molar-refractivity contribution in [2.24, 2.45) is 34.0 Å². The van der Waals surface area contributed by atoms with Crippen LogP contribution in [0.5, 0.6) is 0 Å². The maximum absolute atomic E-state index is 13.0. The summed E-state index contributed by atoms with van der Waals surface area (Å²) in [5.74, 6) is 1.14. The molecule has 0 aromatic heterocycles. The van der Waals surface area contributed by atoms with Crippen molar-refractivity contribution < 1.29 is 19.3 Å². The van der Waals surface area contributed by atoms with E-state index in [0.717, 1.165) is 13.0 Å². The highest BCUT2D eigenvalue weighted by Gasteiger charge is 2.56. The monoisotopic (exact) mass is 402 g/mol. The van der Waals surface area contributed by atoms with Gasteiger partial charge in [-0.05, 0) is 50.9 Å². The van der Waals surface area contributed by atoms with Crippen LogP contribution in [0.2, 0.25) is 0 Å². The molecule has 29 heavy (non-hydrogen) atoms. The molecule has 3 aliphatic heterocycles. The van der Waals surface area contributed by atoms with Gasteiger partial charge in [-0.1, -0.05) is 31.9 Å². The molecule has 9 atom stereocenters. The molecule has 0 amide bonds. The molecule has 4 fully saturated rings. The number of carbonyl (C=O) groups excluding carboxylic acids is 1. The molecule has 2 unspecified atom stereocenters. The van der Waals surface area contributed by atoms with E-state index in [1.165, 1.54) is 51.9 Å². The van der Waals surface area contributed by atoms with Crippen molar-refractivity contribution in [2.75, 3.05) is 39.8 Å². The largest absolute Gasteiger partial charge is 0.461 e. The average Bonchev–Trinajstić information content (AvgIpc) is 2.84. The third-order valence-electron chi connectivity index (χ3n) is 9.25. The minimum atomic E-state index is 0.0669. The molecule has 4 nitrogen and oxygen atoms in total. The quantitative estimate of drug-likeness (QED) is 0.537. The lowest BCUT2D eigenvalue weighted by Crippen LogP contribution is -3.23. The molecule has 2 bridgehead atoms. The fourth-order valence-electron chi connectivity index (χ4n) is 8.93. The van der Waals surface area contributed by atoms with E-state index in [-0.39, 0.29) is 23.4 Å². The smallest absolute Gasteiger partial charge is 0.315 e. The van der Waals surface area contributed by atoms with E-state index < -0.39 is 0 Å². The first-order chi connectivity index (χ1) is 13.6. The average molecular weight is 403 g/mol. The summed E-state index contributed by atoms with van der Waals surface area (Å²) < 4.78 is 6.03. The molecule has 3 heterocycles. The predicted octanol–water partition coefficient (Wildman–Crippen LogP) is 1.13. The van der Waals surface area contributed by atoms with Gasteiger partial charge in [0.2, 0.25) is 0 Å². The second-order valence-corrected chi connectivity index (χ2v) is 12.8. The number of carbonyl (C=O) groups is 1. The van der Waals surface area contributed by atoms with Crippen LogP contribution in [0.25, 0.3) is 0 Å². The van der Waals surface area contributed by atoms with Crippen LogP contribution >= 0.6 is 0 Å². The van der Waals surface area contributed by atoms with Crippen molar-refractivity contribution in [2.45, 2.75) is 65.9 Å². The number of likely N-dealkylation sites (tertiary alicyclic amines) is 2. The number of quaternary nitrogens is 2. The Bertz CT molecular complexity index is 714. The van der Waals surface area contributed by atoms with Crippen molar-refractivity contribution >= 4 is 5.97 Å². The Labute approximate surface area is 177 Å². The van der Waals surface area contributed by atoms with Gasteiger partial charge < -0.3 is 14.5 Å². The van der Waals surface area contributed by atoms with Crippen LogP contribution < -0.4 is 9.80 Å². The van der Waals surface area contributed by atoms with Gasteiger partial charge >= 0.3 is 5.97 Å². The third kappa shape index (κ3) is 3.39. The standard InChI is InChI=1S/C25H40N2O2/c1-17-7-6-8-25(4)10-21-18(9-20(17)25)19(22(28)29-21)11-27-15-23(2)12-24(3,16-27)14-26(5)13-23/h9,17-19,21H,6-8,10-16H2,1-5H3/p+2/t17-,18+,19+,21+,23-,24+,25+/m1/s1. The van der Waals surface area contributed by atoms with E-state index in [9.17, 15) is 4.79 Å². The van der Waals surface area contributed by atoms with Gasteiger partial charge in [0.15, 0.2) is 0 Å². The van der Waals surface area contributed by atoms with Crippen molar-refractivity contribution in [1.29, 1.82) is 0 Å². The van der Waals surface area contributed by atoms with Gasteiger partial charge in [0, 0.05) is 5.92 Å². The number of esters is 1. The lowest BCUT2D eigenvalue weighted by atomic mass is 9.59. The molecule has 5 aliphatic rings. The minimum absolute atomic E-state index is 0.0669. The summed E-state index contributed by atoms with van der Waals surface area (Å²) in [6.07, 6.45) is 8.93. The Hall–Kier alpha value is -0.870. The Morgan fingerprint density at radius 1 is 1.14 bits per heavy atom. The number of hydrogen-bond donors (Lipinski definition) is 2. The summed E-state index contributed by atoms with van der Waals surface area (Å²) in [6, 6.07) is 0. The molecule has 2 aliphatic carbocycles. The fourth-order valence-corrected chi connectivity index (χ4v) is 8.93. The minimum Gasteiger partial charge on any atom is -0.461 e. The fraction of sp³-hybridized carbons (Fsp3) is 0.880. The van der Waals surface area contributed by atoms with E-state index in [2.05, 4.69) is 40.8 Å².